The Morgan fingerprint density at radius 2 is 1.91 bits per heavy atom. The molecule has 34 heavy (non-hydrogen) atoms. The molecule has 4 aromatic rings. The summed E-state index contributed by atoms with van der Waals surface area (Å²) in [6, 6.07) is 14.0. The van der Waals surface area contributed by atoms with Crippen LogP contribution in [0.2, 0.25) is 0 Å². The van der Waals surface area contributed by atoms with E-state index in [0.717, 1.165) is 22.0 Å². The van der Waals surface area contributed by atoms with Crippen molar-refractivity contribution in [1.82, 2.24) is 20.1 Å². The van der Waals surface area contributed by atoms with E-state index in [0.29, 0.717) is 17.2 Å². The van der Waals surface area contributed by atoms with E-state index in [2.05, 4.69) is 15.5 Å². The highest BCUT2D eigenvalue weighted by Gasteiger charge is 2.30. The first kappa shape index (κ1) is 21.5. The van der Waals surface area contributed by atoms with Gasteiger partial charge in [0.1, 0.15) is 5.69 Å². The number of nitrogens with zero attached hydrogens (tertiary/aromatic N) is 4. The Morgan fingerprint density at radius 1 is 1.12 bits per heavy atom. The van der Waals surface area contributed by atoms with Gasteiger partial charge in [0.2, 0.25) is 23.4 Å². The van der Waals surface area contributed by atoms with Gasteiger partial charge in [-0.3, -0.25) is 14.1 Å². The molecule has 2 aromatic heterocycles. The van der Waals surface area contributed by atoms with Crippen molar-refractivity contribution in [2.45, 2.75) is 11.6 Å². The number of nitrogens with two attached hydrogens (primary N) is 1. The van der Waals surface area contributed by atoms with Crippen LogP contribution in [-0.2, 0) is 6.42 Å². The van der Waals surface area contributed by atoms with Crippen molar-refractivity contribution in [3.05, 3.63) is 86.3 Å². The fourth-order valence-electron chi connectivity index (χ4n) is 3.34. The molecular formula is C21H17N6O6S+. The highest BCUT2D eigenvalue weighted by atomic mass is 32.2. The standard InChI is InChI=1S/C21H16N6O6S/c22-26-19(29)14(8-12-6-7-16-17(9-12)32-11-31-16)23-24-21(26)34-10-15(28)18-20(30)33-25-27(18)13-4-2-1-3-5-13/h1-7,9H,8,10-11,22H2/p+1. The van der Waals surface area contributed by atoms with Crippen LogP contribution in [0.1, 0.15) is 21.7 Å². The second-order valence-electron chi connectivity index (χ2n) is 7.18. The summed E-state index contributed by atoms with van der Waals surface area (Å²) in [6.45, 7) is 0.148. The molecule has 0 saturated heterocycles. The third-order valence-corrected chi connectivity index (χ3v) is 5.94. The quantitative estimate of drug-likeness (QED) is 0.162. The van der Waals surface area contributed by atoms with Gasteiger partial charge < -0.3 is 15.3 Å². The Hall–Kier alpha value is -4.39. The number of thioether (sulfide) groups is 1. The summed E-state index contributed by atoms with van der Waals surface area (Å²) in [5.74, 6) is 6.38. The van der Waals surface area contributed by atoms with E-state index in [9.17, 15) is 14.4 Å². The number of nitrogens with one attached hydrogen (secondary N) is 1. The first-order valence-corrected chi connectivity index (χ1v) is 11.0. The smallest absolute Gasteiger partial charge is 0.438 e. The molecule has 0 spiro atoms. The topological polar surface area (TPSA) is 159 Å². The lowest BCUT2D eigenvalue weighted by atomic mass is 10.1. The molecule has 3 N–H and O–H groups in total. The van der Waals surface area contributed by atoms with Gasteiger partial charge in [0, 0.05) is 18.6 Å². The second-order valence-corrected chi connectivity index (χ2v) is 8.12. The summed E-state index contributed by atoms with van der Waals surface area (Å²) in [4.78, 5) is 37.6. The zero-order valence-corrected chi connectivity index (χ0v) is 18.3. The molecule has 0 fully saturated rings. The molecule has 1 aliphatic rings. The summed E-state index contributed by atoms with van der Waals surface area (Å²) in [5, 5.41) is 10.4. The van der Waals surface area contributed by atoms with Crippen molar-refractivity contribution in [2.24, 2.45) is 0 Å². The maximum Gasteiger partial charge on any atom is 0.438 e. The Labute approximate surface area is 194 Å². The highest BCUT2D eigenvalue weighted by Crippen LogP contribution is 2.32. The third-order valence-electron chi connectivity index (χ3n) is 4.99. The van der Waals surface area contributed by atoms with Crippen LogP contribution in [0.4, 0.5) is 0 Å². The fraction of sp³-hybridized carbons (Fsp3) is 0.143. The zero-order chi connectivity index (χ0) is 23.7. The number of ether oxygens (including phenoxy) is 2. The first-order chi connectivity index (χ1) is 16.5. The molecule has 0 bridgehead atoms. The van der Waals surface area contributed by atoms with Crippen LogP contribution >= 0.6 is 11.8 Å². The van der Waals surface area contributed by atoms with Crippen LogP contribution in [-0.4, -0.2) is 38.5 Å². The van der Waals surface area contributed by atoms with Gasteiger partial charge in [0.25, 0.3) is 5.56 Å². The maximum atomic E-state index is 12.8. The summed E-state index contributed by atoms with van der Waals surface area (Å²) in [7, 11) is 0. The van der Waals surface area contributed by atoms with Gasteiger partial charge in [-0.25, -0.2) is 4.79 Å². The number of ketones is 1. The molecule has 13 heteroatoms. The summed E-state index contributed by atoms with van der Waals surface area (Å²) < 4.78 is 17.5. The Bertz CT molecular complexity index is 1500. The van der Waals surface area contributed by atoms with E-state index < -0.39 is 17.0 Å². The van der Waals surface area contributed by atoms with Gasteiger partial charge in [-0.05, 0) is 27.6 Å². The Balaban J connectivity index is 1.32. The van der Waals surface area contributed by atoms with Gasteiger partial charge in [0.15, 0.2) is 11.5 Å². The minimum Gasteiger partial charge on any atom is -0.454 e. The average molecular weight is 481 g/mol. The lowest BCUT2D eigenvalue weighted by molar-refractivity contribution is -0.672. The number of hydrogen-bond acceptors (Lipinski definition) is 10. The summed E-state index contributed by atoms with van der Waals surface area (Å²) in [6.07, 6.45) is 0.186. The molecule has 0 amide bonds. The van der Waals surface area contributed by atoms with Gasteiger partial charge >= 0.3 is 11.3 Å². The van der Waals surface area contributed by atoms with Crippen molar-refractivity contribution in [1.29, 1.82) is 0 Å². The lowest BCUT2D eigenvalue weighted by Gasteiger charge is -2.07. The van der Waals surface area contributed by atoms with Crippen LogP contribution in [0.5, 0.6) is 11.5 Å². The molecule has 3 heterocycles. The van der Waals surface area contributed by atoms with Gasteiger partial charge in [-0.15, -0.1) is 10.2 Å². The fourth-order valence-corrected chi connectivity index (χ4v) is 4.06. The molecule has 5 rings (SSSR count). The van der Waals surface area contributed by atoms with Crippen molar-refractivity contribution in [3.63, 3.8) is 0 Å². The normalized spacial score (nSPS) is 12.1. The molecule has 0 radical (unpaired) electrons. The largest absolute Gasteiger partial charge is 0.454 e. The molecule has 12 nitrogen and oxygen atoms in total. The third kappa shape index (κ3) is 4.03. The van der Waals surface area contributed by atoms with Crippen LogP contribution in [0.3, 0.4) is 0 Å². The molecule has 0 unspecified atom stereocenters. The molecule has 1 aliphatic heterocycles. The van der Waals surface area contributed by atoms with E-state index in [-0.39, 0.29) is 35.5 Å². The monoisotopic (exact) mass is 481 g/mol. The number of carbonyl (C=O) groups is 1. The molecule has 0 aliphatic carbocycles. The van der Waals surface area contributed by atoms with Gasteiger partial charge in [-0.2, -0.15) is 4.68 Å². The van der Waals surface area contributed by atoms with Gasteiger partial charge in [-0.1, -0.05) is 36.0 Å². The number of fused-ring (bicyclic) bond motifs is 1. The van der Waals surface area contributed by atoms with E-state index in [1.165, 1.54) is 4.68 Å². The van der Waals surface area contributed by atoms with Crippen LogP contribution in [0.15, 0.2) is 67.8 Å². The number of Topliss-reactive ketones (excluding diaryl/α,β-unsaturated/α-hetero) is 1. The van der Waals surface area contributed by atoms with Crippen molar-refractivity contribution >= 4 is 17.5 Å². The number of hydrogen-bond donors (Lipinski definition) is 2. The highest BCUT2D eigenvalue weighted by molar-refractivity contribution is 7.99. The Kier molecular flexibility index (Phi) is 5.59. The van der Waals surface area contributed by atoms with E-state index in [1.54, 1.807) is 48.5 Å². The Morgan fingerprint density at radius 3 is 2.74 bits per heavy atom. The van der Waals surface area contributed by atoms with Crippen molar-refractivity contribution < 1.29 is 23.5 Å². The second kappa shape index (κ2) is 8.86. The summed E-state index contributed by atoms with van der Waals surface area (Å²) in [5.41, 5.74) is -0.115. The average Bonchev–Trinajstić information content (AvgIpc) is 3.48. The van der Waals surface area contributed by atoms with E-state index in [1.807, 2.05) is 0 Å². The van der Waals surface area contributed by atoms with E-state index in [4.69, 9.17) is 19.8 Å². The summed E-state index contributed by atoms with van der Waals surface area (Å²) >= 11 is 0.882. The minimum absolute atomic E-state index is 0.0268. The molecule has 0 atom stereocenters. The van der Waals surface area contributed by atoms with Crippen molar-refractivity contribution in [2.75, 3.05) is 18.4 Å². The van der Waals surface area contributed by atoms with E-state index >= 15 is 0 Å². The van der Waals surface area contributed by atoms with Crippen LogP contribution in [0, 0.1) is 0 Å². The predicted molar refractivity (Wildman–Crippen MR) is 118 cm³/mol. The number of para-hydroxylation sites is 1. The maximum absolute atomic E-state index is 12.8. The number of carbonyl (C=O) groups excluding carboxylic acids is 1. The molecule has 2 aromatic carbocycles. The molecular weight excluding hydrogens is 464 g/mol. The number of rotatable bonds is 7. The SMILES string of the molecule is Nn1c(SCC(=O)c2c(=O)o[nH][n+]2-c2ccccc2)nnc(Cc2ccc3c(c2)OCO3)c1=O. The first-order valence-electron chi connectivity index (χ1n) is 9.98. The molecule has 172 valence electrons. The predicted octanol–water partition coefficient (Wildman–Crippen LogP) is 0.205. The number of nitrogen functional groups attached to an aromatic ring is 1. The number of aromatic nitrogens is 5. The number of benzene rings is 2. The van der Waals surface area contributed by atoms with Crippen LogP contribution < -0.4 is 31.2 Å². The molecule has 0 saturated carbocycles. The number of aromatic amines is 1. The lowest BCUT2D eigenvalue weighted by Crippen LogP contribution is -2.41. The zero-order valence-electron chi connectivity index (χ0n) is 17.5. The van der Waals surface area contributed by atoms with Crippen molar-refractivity contribution in [3.8, 4) is 17.2 Å². The van der Waals surface area contributed by atoms with Crippen LogP contribution in [0.25, 0.3) is 5.69 Å². The van der Waals surface area contributed by atoms with Gasteiger partial charge in [0.05, 0.1) is 5.75 Å². The minimum atomic E-state index is -0.815. The number of H-pyrrole nitrogens is 1.